The van der Waals surface area contributed by atoms with Gasteiger partial charge in [-0.25, -0.2) is 4.79 Å². The predicted octanol–water partition coefficient (Wildman–Crippen LogP) is 12.4. The fourth-order valence-corrected chi connectivity index (χ4v) is 6.71. The van der Waals surface area contributed by atoms with Crippen LogP contribution in [0.1, 0.15) is 185 Å². The molecule has 0 N–H and O–H groups in total. The number of esters is 1. The van der Waals surface area contributed by atoms with Crippen LogP contribution in [0.15, 0.2) is 18.6 Å². The molecule has 0 atom stereocenters. The minimum Gasteiger partial charge on any atom is -0.462 e. The van der Waals surface area contributed by atoms with Crippen LogP contribution in [0.5, 0.6) is 5.75 Å². The van der Waals surface area contributed by atoms with Crippen molar-refractivity contribution in [3.05, 3.63) is 40.8 Å². The summed E-state index contributed by atoms with van der Waals surface area (Å²) in [7, 11) is -1.55. The number of carbonyl (C=O) groups excluding carboxylic acids is 1. The molecule has 1 aliphatic heterocycles. The molecule has 0 saturated carbocycles. The maximum atomic E-state index is 13.3. The molecule has 1 aromatic rings. The van der Waals surface area contributed by atoms with Gasteiger partial charge in [0.15, 0.2) is 0 Å². The molecule has 246 valence electrons. The molecule has 2 rings (SSSR count). The van der Waals surface area contributed by atoms with Crippen molar-refractivity contribution in [2.45, 2.75) is 175 Å². The van der Waals surface area contributed by atoms with E-state index in [9.17, 15) is 4.79 Å². The van der Waals surface area contributed by atoms with Crippen LogP contribution in [-0.4, -0.2) is 12.6 Å². The fourth-order valence-electron chi connectivity index (χ4n) is 5.94. The quantitative estimate of drug-likeness (QED) is 0.0779. The second kappa shape index (κ2) is 19.6. The number of hydrogen-bond donors (Lipinski definition) is 0. The third-order valence-electron chi connectivity index (χ3n) is 8.24. The van der Waals surface area contributed by atoms with Gasteiger partial charge in [0.05, 0.1) is 12.2 Å². The topological polar surface area (TPSA) is 54.0 Å². The molecule has 0 saturated heterocycles. The van der Waals surface area contributed by atoms with Crippen LogP contribution >= 0.6 is 8.60 Å². The molecule has 1 aliphatic rings. The molecule has 1 heterocycles. The number of rotatable bonds is 21. The Morgan fingerprint density at radius 2 is 1.16 bits per heavy atom. The van der Waals surface area contributed by atoms with Gasteiger partial charge < -0.3 is 18.3 Å². The number of hydrogen-bond acceptors (Lipinski definition) is 5. The molecule has 6 heteroatoms. The maximum absolute atomic E-state index is 13.3. The zero-order valence-electron chi connectivity index (χ0n) is 28.9. The summed E-state index contributed by atoms with van der Waals surface area (Å²) in [4.78, 5) is 13.3. The van der Waals surface area contributed by atoms with Gasteiger partial charge in [-0.15, -0.1) is 0 Å². The Morgan fingerprint density at radius 3 is 1.58 bits per heavy atom. The van der Waals surface area contributed by atoms with Gasteiger partial charge in [0.1, 0.15) is 18.3 Å². The average Bonchev–Trinajstić information content (AvgIpc) is 3.44. The van der Waals surface area contributed by atoms with Crippen LogP contribution < -0.4 is 4.52 Å². The highest BCUT2D eigenvalue weighted by molar-refractivity contribution is 7.42. The maximum Gasteiger partial charge on any atom is 0.529 e. The highest BCUT2D eigenvalue weighted by Crippen LogP contribution is 2.52. The first kappa shape index (κ1) is 37.4. The molecule has 0 unspecified atom stereocenters. The number of benzene rings is 1. The number of ether oxygens (including phenoxy) is 1. The summed E-state index contributed by atoms with van der Waals surface area (Å²) in [6, 6.07) is 2.00. The summed E-state index contributed by atoms with van der Waals surface area (Å²) in [6.07, 6.45) is 25.3. The molecule has 0 bridgehead atoms. The van der Waals surface area contributed by atoms with E-state index in [4.69, 9.17) is 18.3 Å². The normalized spacial score (nSPS) is 13.7. The van der Waals surface area contributed by atoms with E-state index in [0.29, 0.717) is 12.2 Å². The number of unbranched alkanes of at least 4 members (excludes halogenated alkanes) is 15. The van der Waals surface area contributed by atoms with Crippen LogP contribution in [0.25, 0.3) is 0 Å². The van der Waals surface area contributed by atoms with E-state index in [1.807, 2.05) is 13.0 Å². The largest absolute Gasteiger partial charge is 0.529 e. The van der Waals surface area contributed by atoms with Crippen molar-refractivity contribution < 1.29 is 23.1 Å². The molecule has 0 aliphatic carbocycles. The Hall–Kier alpha value is -1.74. The standard InChI is InChI=1S/C37H63O5P/c1-9-11-12-13-14-15-16-17-18-19-20-21-22-23-24-25-26-30-31(35(38)39-10-2)29-32(36(3,4)5)34(33(30)37(6,7)8)42-43-40-27-28-41-43/h27-29H,9-26H2,1-8H3. The van der Waals surface area contributed by atoms with Gasteiger partial charge in [-0.1, -0.05) is 145 Å². The Balaban J connectivity index is 1.98. The Kier molecular flexibility index (Phi) is 17.1. The lowest BCUT2D eigenvalue weighted by atomic mass is 9.74. The van der Waals surface area contributed by atoms with E-state index in [-0.39, 0.29) is 16.8 Å². The zero-order valence-corrected chi connectivity index (χ0v) is 29.8. The van der Waals surface area contributed by atoms with Crippen molar-refractivity contribution in [1.82, 2.24) is 0 Å². The monoisotopic (exact) mass is 618 g/mol. The van der Waals surface area contributed by atoms with Gasteiger partial charge in [0, 0.05) is 11.1 Å². The van der Waals surface area contributed by atoms with Crippen molar-refractivity contribution in [1.29, 1.82) is 0 Å². The Labute approximate surface area is 265 Å². The molecule has 0 radical (unpaired) electrons. The minimum atomic E-state index is -1.55. The molecular weight excluding hydrogens is 555 g/mol. The lowest BCUT2D eigenvalue weighted by Crippen LogP contribution is -2.24. The molecule has 0 amide bonds. The molecular formula is C37H63O5P. The van der Waals surface area contributed by atoms with Crippen molar-refractivity contribution in [2.75, 3.05) is 6.61 Å². The van der Waals surface area contributed by atoms with Crippen LogP contribution in [0.4, 0.5) is 0 Å². The lowest BCUT2D eigenvalue weighted by molar-refractivity contribution is 0.0524. The summed E-state index contributed by atoms with van der Waals surface area (Å²) < 4.78 is 23.2. The van der Waals surface area contributed by atoms with Gasteiger partial charge in [0.25, 0.3) is 0 Å². The molecule has 1 aromatic carbocycles. The highest BCUT2D eigenvalue weighted by atomic mass is 31.2. The lowest BCUT2D eigenvalue weighted by Gasteiger charge is -2.33. The van der Waals surface area contributed by atoms with Crippen LogP contribution in [0.2, 0.25) is 0 Å². The van der Waals surface area contributed by atoms with E-state index in [2.05, 4.69) is 48.5 Å². The molecule has 43 heavy (non-hydrogen) atoms. The van der Waals surface area contributed by atoms with Crippen molar-refractivity contribution in [3.8, 4) is 5.75 Å². The van der Waals surface area contributed by atoms with Crippen LogP contribution in [0.3, 0.4) is 0 Å². The first-order chi connectivity index (χ1) is 20.5. The summed E-state index contributed by atoms with van der Waals surface area (Å²) in [5, 5.41) is 0. The third kappa shape index (κ3) is 13.4. The summed E-state index contributed by atoms with van der Waals surface area (Å²) in [6.45, 7) is 17.5. The summed E-state index contributed by atoms with van der Waals surface area (Å²) >= 11 is 0. The third-order valence-corrected chi connectivity index (χ3v) is 9.16. The van der Waals surface area contributed by atoms with Gasteiger partial charge in [-0.05, 0) is 42.2 Å². The van der Waals surface area contributed by atoms with E-state index in [1.165, 1.54) is 102 Å². The summed E-state index contributed by atoms with van der Waals surface area (Å²) in [5.41, 5.74) is 3.23. The SMILES string of the molecule is CCCCCCCCCCCCCCCCCCc1c(C(=O)OCC)cc(C(C)(C)C)c(OP2OC=CO2)c1C(C)(C)C. The van der Waals surface area contributed by atoms with Crippen molar-refractivity contribution >= 4 is 14.6 Å². The Bertz CT molecular complexity index is 965. The molecule has 0 aromatic heterocycles. The highest BCUT2D eigenvalue weighted by Gasteiger charge is 2.36. The fraction of sp³-hybridized carbons (Fsp3) is 0.757. The predicted molar refractivity (Wildman–Crippen MR) is 182 cm³/mol. The molecule has 0 spiro atoms. The van der Waals surface area contributed by atoms with Gasteiger partial charge in [0.2, 0.25) is 0 Å². The average molecular weight is 619 g/mol. The number of carbonyl (C=O) groups is 1. The van der Waals surface area contributed by atoms with Gasteiger partial charge >= 0.3 is 14.6 Å². The van der Waals surface area contributed by atoms with E-state index < -0.39 is 8.60 Å². The van der Waals surface area contributed by atoms with Crippen LogP contribution in [-0.2, 0) is 31.0 Å². The van der Waals surface area contributed by atoms with Gasteiger partial charge in [-0.3, -0.25) is 0 Å². The first-order valence-corrected chi connectivity index (χ1v) is 18.4. The molecule has 5 nitrogen and oxygen atoms in total. The van der Waals surface area contributed by atoms with E-state index in [0.717, 1.165) is 41.7 Å². The van der Waals surface area contributed by atoms with Crippen LogP contribution in [0, 0.1) is 0 Å². The van der Waals surface area contributed by atoms with E-state index in [1.54, 1.807) is 0 Å². The Morgan fingerprint density at radius 1 is 0.698 bits per heavy atom. The molecule has 0 fully saturated rings. The zero-order chi connectivity index (χ0) is 31.7. The van der Waals surface area contributed by atoms with Crippen molar-refractivity contribution in [3.63, 3.8) is 0 Å². The smallest absolute Gasteiger partial charge is 0.462 e. The second-order valence-electron chi connectivity index (χ2n) is 14.2. The first-order valence-electron chi connectivity index (χ1n) is 17.3. The second-order valence-corrected chi connectivity index (χ2v) is 15.3. The van der Waals surface area contributed by atoms with Crippen molar-refractivity contribution in [2.24, 2.45) is 0 Å². The van der Waals surface area contributed by atoms with Gasteiger partial charge in [-0.2, -0.15) is 0 Å². The van der Waals surface area contributed by atoms with E-state index >= 15 is 0 Å². The summed E-state index contributed by atoms with van der Waals surface area (Å²) in [5.74, 6) is 0.534. The minimum absolute atomic E-state index is 0.253.